The van der Waals surface area contributed by atoms with Gasteiger partial charge in [-0.2, -0.15) is 0 Å². The summed E-state index contributed by atoms with van der Waals surface area (Å²) in [6.07, 6.45) is 0. The van der Waals surface area contributed by atoms with Gasteiger partial charge in [0.15, 0.2) is 0 Å². The maximum Gasteiger partial charge on any atom is 0.336 e. The second kappa shape index (κ2) is 4.27. The maximum absolute atomic E-state index is 10.5. The number of aliphatic hydroxyl groups excluding tert-OH is 1. The van der Waals surface area contributed by atoms with Crippen molar-refractivity contribution in [3.05, 3.63) is 0 Å². The fourth-order valence-corrected chi connectivity index (χ4v) is 0.406. The Hall–Kier alpha value is -0.650. The van der Waals surface area contributed by atoms with Gasteiger partial charge in [0.2, 0.25) is 0 Å². The Kier molecular flexibility index (Phi) is 4.02. The van der Waals surface area contributed by atoms with Crippen LogP contribution in [0.15, 0.2) is 0 Å². The highest BCUT2D eigenvalue weighted by atomic mass is 16.9. The van der Waals surface area contributed by atoms with Crippen LogP contribution in [0.25, 0.3) is 0 Å². The number of ether oxygens (including phenoxy) is 3. The lowest BCUT2D eigenvalue weighted by molar-refractivity contribution is -0.333. The van der Waals surface area contributed by atoms with E-state index in [0.717, 1.165) is 0 Å². The lowest BCUT2D eigenvalue weighted by Gasteiger charge is -2.24. The summed E-state index contributed by atoms with van der Waals surface area (Å²) >= 11 is 0. The molecule has 0 saturated heterocycles. The Labute approximate surface area is 64.9 Å². The number of hydrogen-bond acceptors (Lipinski definition) is 5. The van der Waals surface area contributed by atoms with E-state index >= 15 is 0 Å². The van der Waals surface area contributed by atoms with Crippen molar-refractivity contribution in [1.82, 2.24) is 0 Å². The molecule has 0 aromatic rings. The van der Waals surface area contributed by atoms with Crippen LogP contribution in [0.1, 0.15) is 6.92 Å². The molecular formula is C6H12O5. The first-order valence-electron chi connectivity index (χ1n) is 3.01. The average molecular weight is 164 g/mol. The zero-order valence-electron chi connectivity index (χ0n) is 6.79. The van der Waals surface area contributed by atoms with Crippen molar-refractivity contribution in [2.75, 3.05) is 20.8 Å². The number of carbonyl (C=O) groups excluding carboxylic acids is 1. The van der Waals surface area contributed by atoms with Gasteiger partial charge in [0.1, 0.15) is 6.61 Å². The Morgan fingerprint density at radius 2 is 1.91 bits per heavy atom. The van der Waals surface area contributed by atoms with Crippen LogP contribution < -0.4 is 0 Å². The Morgan fingerprint density at radius 1 is 1.45 bits per heavy atom. The highest BCUT2D eigenvalue weighted by molar-refractivity contribution is 5.70. The van der Waals surface area contributed by atoms with Gasteiger partial charge in [0.05, 0.1) is 0 Å². The lowest BCUT2D eigenvalue weighted by Crippen LogP contribution is -2.36. The number of rotatable bonds is 4. The molecule has 0 heterocycles. The van der Waals surface area contributed by atoms with E-state index in [4.69, 9.17) is 5.11 Å². The van der Waals surface area contributed by atoms with Crippen LogP contribution in [0.5, 0.6) is 0 Å². The zero-order valence-corrected chi connectivity index (χ0v) is 6.79. The second-order valence-corrected chi connectivity index (χ2v) is 1.90. The quantitative estimate of drug-likeness (QED) is 0.447. The van der Waals surface area contributed by atoms with E-state index in [1.165, 1.54) is 21.1 Å². The summed E-state index contributed by atoms with van der Waals surface area (Å²) in [4.78, 5) is 10.5. The molecule has 0 atom stereocenters. The number of esters is 1. The van der Waals surface area contributed by atoms with Crippen LogP contribution in [-0.2, 0) is 19.0 Å². The van der Waals surface area contributed by atoms with Gasteiger partial charge in [0, 0.05) is 21.1 Å². The van der Waals surface area contributed by atoms with Crippen LogP contribution >= 0.6 is 0 Å². The molecule has 5 heteroatoms. The molecule has 0 aliphatic rings. The van der Waals surface area contributed by atoms with Crippen LogP contribution in [0, 0.1) is 0 Å². The normalized spacial score (nSPS) is 11.3. The van der Waals surface area contributed by atoms with Crippen molar-refractivity contribution in [1.29, 1.82) is 0 Å². The number of methoxy groups -OCH3 is 2. The molecule has 0 aromatic heterocycles. The van der Waals surface area contributed by atoms with Gasteiger partial charge in [-0.1, -0.05) is 0 Å². The van der Waals surface area contributed by atoms with E-state index in [1.807, 2.05) is 0 Å². The summed E-state index contributed by atoms with van der Waals surface area (Å²) in [5.41, 5.74) is 0. The second-order valence-electron chi connectivity index (χ2n) is 1.90. The predicted octanol–water partition coefficient (Wildman–Crippen LogP) is -0.512. The van der Waals surface area contributed by atoms with Gasteiger partial charge in [-0.3, -0.25) is 0 Å². The fourth-order valence-electron chi connectivity index (χ4n) is 0.406. The molecule has 0 amide bonds. The van der Waals surface area contributed by atoms with Crippen molar-refractivity contribution >= 4 is 5.97 Å². The van der Waals surface area contributed by atoms with Crippen molar-refractivity contribution in [3.63, 3.8) is 0 Å². The summed E-state index contributed by atoms with van der Waals surface area (Å²) < 4.78 is 13.9. The standard InChI is InChI=1S/C6H12O5/c1-6(9-2,10-3)11-5(8)4-7/h7H,4H2,1-3H3. The third kappa shape index (κ3) is 3.31. The lowest BCUT2D eigenvalue weighted by atomic mass is 10.6. The third-order valence-corrected chi connectivity index (χ3v) is 1.17. The Balaban J connectivity index is 3.96. The van der Waals surface area contributed by atoms with Gasteiger partial charge in [-0.15, -0.1) is 0 Å². The van der Waals surface area contributed by atoms with Crippen LogP contribution in [0.4, 0.5) is 0 Å². The minimum Gasteiger partial charge on any atom is -0.406 e. The largest absolute Gasteiger partial charge is 0.406 e. The van der Waals surface area contributed by atoms with Crippen molar-refractivity contribution < 1.29 is 24.1 Å². The van der Waals surface area contributed by atoms with Crippen LogP contribution in [0.2, 0.25) is 0 Å². The highest BCUT2D eigenvalue weighted by Crippen LogP contribution is 2.11. The van der Waals surface area contributed by atoms with E-state index < -0.39 is 18.5 Å². The van der Waals surface area contributed by atoms with Gasteiger partial charge >= 0.3 is 11.9 Å². The fraction of sp³-hybridized carbons (Fsp3) is 0.833. The molecule has 0 aromatic carbocycles. The smallest absolute Gasteiger partial charge is 0.336 e. The number of aliphatic hydroxyl groups is 1. The predicted molar refractivity (Wildman–Crippen MR) is 35.6 cm³/mol. The molecule has 1 N–H and O–H groups in total. The molecule has 0 aliphatic carbocycles. The number of carbonyl (C=O) groups is 1. The van der Waals surface area contributed by atoms with Gasteiger partial charge in [-0.05, 0) is 0 Å². The van der Waals surface area contributed by atoms with E-state index in [1.54, 1.807) is 0 Å². The van der Waals surface area contributed by atoms with Gasteiger partial charge < -0.3 is 19.3 Å². The molecule has 11 heavy (non-hydrogen) atoms. The molecule has 0 fully saturated rings. The summed E-state index contributed by atoms with van der Waals surface area (Å²) in [7, 11) is 2.66. The van der Waals surface area contributed by atoms with Crippen LogP contribution in [0.3, 0.4) is 0 Å². The summed E-state index contributed by atoms with van der Waals surface area (Å²) in [6, 6.07) is 0. The van der Waals surface area contributed by atoms with E-state index in [-0.39, 0.29) is 0 Å². The molecule has 0 unspecified atom stereocenters. The minimum absolute atomic E-state index is 0.692. The molecule has 0 spiro atoms. The van der Waals surface area contributed by atoms with Crippen molar-refractivity contribution in [2.45, 2.75) is 12.9 Å². The average Bonchev–Trinajstić information content (AvgIpc) is 2.04. The summed E-state index contributed by atoms with van der Waals surface area (Å²) in [5, 5.41) is 8.30. The summed E-state index contributed by atoms with van der Waals surface area (Å²) in [5.74, 6) is -2.20. The Bertz CT molecular complexity index is 129. The molecule has 0 rings (SSSR count). The first-order valence-corrected chi connectivity index (χ1v) is 3.01. The molecule has 66 valence electrons. The SMILES string of the molecule is COC(C)(OC)OC(=O)CO. The zero-order chi connectivity index (χ0) is 8.91. The molecule has 5 nitrogen and oxygen atoms in total. The van der Waals surface area contributed by atoms with Crippen molar-refractivity contribution in [3.8, 4) is 0 Å². The van der Waals surface area contributed by atoms with Crippen molar-refractivity contribution in [2.24, 2.45) is 0 Å². The van der Waals surface area contributed by atoms with Gasteiger partial charge in [-0.25, -0.2) is 4.79 Å². The molecule has 0 radical (unpaired) electrons. The van der Waals surface area contributed by atoms with E-state index in [9.17, 15) is 4.79 Å². The topological polar surface area (TPSA) is 65.0 Å². The number of hydrogen-bond donors (Lipinski definition) is 1. The summed E-state index contributed by atoms with van der Waals surface area (Å²) in [6.45, 7) is 0.725. The molecular weight excluding hydrogens is 152 g/mol. The van der Waals surface area contributed by atoms with E-state index in [0.29, 0.717) is 0 Å². The first-order chi connectivity index (χ1) is 5.08. The molecule has 0 bridgehead atoms. The maximum atomic E-state index is 10.5. The highest BCUT2D eigenvalue weighted by Gasteiger charge is 2.27. The first kappa shape index (κ1) is 10.3. The monoisotopic (exact) mass is 164 g/mol. The van der Waals surface area contributed by atoms with E-state index in [2.05, 4.69) is 14.2 Å². The third-order valence-electron chi connectivity index (χ3n) is 1.17. The Morgan fingerprint density at radius 3 is 2.18 bits per heavy atom. The molecule has 0 aliphatic heterocycles. The van der Waals surface area contributed by atoms with Gasteiger partial charge in [0.25, 0.3) is 0 Å². The molecule has 0 saturated carbocycles. The van der Waals surface area contributed by atoms with Crippen LogP contribution in [-0.4, -0.2) is 37.9 Å². The minimum atomic E-state index is -1.40.